The van der Waals surface area contributed by atoms with Crippen LogP contribution >= 0.6 is 0 Å². The SMILES string of the molecule is CC(C)CCCOC(=O)Nc1ccc(N)cc1. The Kier molecular flexibility index (Phi) is 5.33. The summed E-state index contributed by atoms with van der Waals surface area (Å²) >= 11 is 0. The van der Waals surface area contributed by atoms with Gasteiger partial charge in [-0.1, -0.05) is 13.8 Å². The lowest BCUT2D eigenvalue weighted by Gasteiger charge is -2.08. The van der Waals surface area contributed by atoms with E-state index in [2.05, 4.69) is 19.2 Å². The van der Waals surface area contributed by atoms with Crippen molar-refractivity contribution in [2.45, 2.75) is 26.7 Å². The van der Waals surface area contributed by atoms with Crippen LogP contribution in [0.5, 0.6) is 0 Å². The summed E-state index contributed by atoms with van der Waals surface area (Å²) in [5.41, 5.74) is 6.90. The van der Waals surface area contributed by atoms with E-state index >= 15 is 0 Å². The molecule has 0 unspecified atom stereocenters. The van der Waals surface area contributed by atoms with Crippen molar-refractivity contribution in [3.8, 4) is 0 Å². The molecule has 0 radical (unpaired) electrons. The first-order valence-electron chi connectivity index (χ1n) is 5.87. The second kappa shape index (κ2) is 6.78. The third-order valence-electron chi connectivity index (χ3n) is 2.32. The largest absolute Gasteiger partial charge is 0.449 e. The maximum atomic E-state index is 11.4. The van der Waals surface area contributed by atoms with Crippen molar-refractivity contribution in [3.05, 3.63) is 24.3 Å². The van der Waals surface area contributed by atoms with Crippen LogP contribution in [0.2, 0.25) is 0 Å². The predicted octanol–water partition coefficient (Wildman–Crippen LogP) is 3.25. The molecule has 0 saturated carbocycles. The number of amides is 1. The van der Waals surface area contributed by atoms with Gasteiger partial charge in [-0.05, 0) is 43.0 Å². The molecule has 3 N–H and O–H groups in total. The number of nitrogens with two attached hydrogens (primary N) is 1. The smallest absolute Gasteiger partial charge is 0.411 e. The van der Waals surface area contributed by atoms with Crippen LogP contribution in [0.25, 0.3) is 0 Å². The number of hydrogen-bond acceptors (Lipinski definition) is 3. The first-order chi connectivity index (χ1) is 8.08. The number of hydrogen-bond donors (Lipinski definition) is 2. The van der Waals surface area contributed by atoms with Crippen molar-refractivity contribution in [2.75, 3.05) is 17.7 Å². The van der Waals surface area contributed by atoms with E-state index in [1.165, 1.54) is 0 Å². The number of nitrogens with one attached hydrogen (secondary N) is 1. The molecule has 0 fully saturated rings. The number of rotatable bonds is 5. The van der Waals surface area contributed by atoms with Crippen LogP contribution in [0, 0.1) is 5.92 Å². The van der Waals surface area contributed by atoms with Gasteiger partial charge in [-0.25, -0.2) is 4.79 Å². The summed E-state index contributed by atoms with van der Waals surface area (Å²) in [4.78, 5) is 11.4. The van der Waals surface area contributed by atoms with E-state index in [9.17, 15) is 4.79 Å². The van der Waals surface area contributed by atoms with Gasteiger partial charge in [-0.2, -0.15) is 0 Å². The summed E-state index contributed by atoms with van der Waals surface area (Å²) in [6, 6.07) is 6.94. The Balaban J connectivity index is 2.23. The molecule has 4 nitrogen and oxygen atoms in total. The fourth-order valence-corrected chi connectivity index (χ4v) is 1.38. The minimum atomic E-state index is -0.418. The highest BCUT2D eigenvalue weighted by Gasteiger charge is 2.03. The van der Waals surface area contributed by atoms with Gasteiger partial charge in [0.15, 0.2) is 0 Å². The van der Waals surface area contributed by atoms with Crippen LogP contribution in [-0.4, -0.2) is 12.7 Å². The molecule has 0 heterocycles. The average Bonchev–Trinajstić information content (AvgIpc) is 2.27. The van der Waals surface area contributed by atoms with E-state index in [4.69, 9.17) is 10.5 Å². The minimum absolute atomic E-state index is 0.418. The van der Waals surface area contributed by atoms with Crippen molar-refractivity contribution >= 4 is 17.5 Å². The fraction of sp³-hybridized carbons (Fsp3) is 0.462. The molecule has 4 heteroatoms. The molecule has 1 amide bonds. The molecule has 1 aromatic rings. The Bertz CT molecular complexity index is 347. The van der Waals surface area contributed by atoms with Gasteiger partial charge in [-0.3, -0.25) is 5.32 Å². The van der Waals surface area contributed by atoms with Crippen LogP contribution in [0.4, 0.5) is 16.2 Å². The molecule has 0 bridgehead atoms. The van der Waals surface area contributed by atoms with E-state index in [0.717, 1.165) is 12.8 Å². The zero-order valence-electron chi connectivity index (χ0n) is 10.4. The quantitative estimate of drug-likeness (QED) is 0.609. The second-order valence-electron chi connectivity index (χ2n) is 4.42. The lowest BCUT2D eigenvalue weighted by Crippen LogP contribution is -2.14. The zero-order chi connectivity index (χ0) is 12.7. The molecule has 0 aromatic heterocycles. The second-order valence-corrected chi connectivity index (χ2v) is 4.42. The number of anilines is 2. The summed E-state index contributed by atoms with van der Waals surface area (Å²) in [5.74, 6) is 0.638. The summed E-state index contributed by atoms with van der Waals surface area (Å²) in [6.07, 6.45) is 1.54. The normalized spacial score (nSPS) is 10.3. The van der Waals surface area contributed by atoms with Gasteiger partial charge in [0.05, 0.1) is 6.61 Å². The molecular weight excluding hydrogens is 216 g/mol. The maximum absolute atomic E-state index is 11.4. The van der Waals surface area contributed by atoms with E-state index in [1.807, 2.05) is 0 Å². The van der Waals surface area contributed by atoms with Crippen molar-refractivity contribution in [2.24, 2.45) is 5.92 Å². The van der Waals surface area contributed by atoms with Crippen molar-refractivity contribution in [3.63, 3.8) is 0 Å². The Labute approximate surface area is 102 Å². The Morgan fingerprint density at radius 3 is 2.59 bits per heavy atom. The first kappa shape index (κ1) is 13.4. The minimum Gasteiger partial charge on any atom is -0.449 e. The van der Waals surface area contributed by atoms with Gasteiger partial charge in [-0.15, -0.1) is 0 Å². The van der Waals surface area contributed by atoms with Gasteiger partial charge in [0, 0.05) is 11.4 Å². The predicted molar refractivity (Wildman–Crippen MR) is 69.9 cm³/mol. The number of carbonyl (C=O) groups is 1. The molecule has 0 spiro atoms. The average molecular weight is 236 g/mol. The molecule has 1 aromatic carbocycles. The van der Waals surface area contributed by atoms with Gasteiger partial charge in [0.1, 0.15) is 0 Å². The van der Waals surface area contributed by atoms with Crippen molar-refractivity contribution in [1.29, 1.82) is 0 Å². The number of ether oxygens (including phenoxy) is 1. The topological polar surface area (TPSA) is 64.3 Å². The Morgan fingerprint density at radius 2 is 2.00 bits per heavy atom. The van der Waals surface area contributed by atoms with Crippen LogP contribution in [0.3, 0.4) is 0 Å². The highest BCUT2D eigenvalue weighted by molar-refractivity contribution is 5.84. The lowest BCUT2D eigenvalue weighted by molar-refractivity contribution is 0.158. The van der Waals surface area contributed by atoms with Crippen LogP contribution in [0.15, 0.2) is 24.3 Å². The van der Waals surface area contributed by atoms with E-state index in [-0.39, 0.29) is 0 Å². The van der Waals surface area contributed by atoms with Crippen molar-refractivity contribution in [1.82, 2.24) is 0 Å². The highest BCUT2D eigenvalue weighted by atomic mass is 16.5. The third-order valence-corrected chi connectivity index (χ3v) is 2.32. The van der Waals surface area contributed by atoms with E-state index in [1.54, 1.807) is 24.3 Å². The molecule has 1 rings (SSSR count). The van der Waals surface area contributed by atoms with Gasteiger partial charge in [0.2, 0.25) is 0 Å². The molecule has 0 aliphatic rings. The molecule has 0 atom stereocenters. The molecular formula is C13H20N2O2. The summed E-state index contributed by atoms with van der Waals surface area (Å²) in [6.45, 7) is 4.75. The molecule has 0 aliphatic heterocycles. The summed E-state index contributed by atoms with van der Waals surface area (Å²) in [7, 11) is 0. The molecule has 0 aliphatic carbocycles. The number of benzene rings is 1. The maximum Gasteiger partial charge on any atom is 0.411 e. The first-order valence-corrected chi connectivity index (χ1v) is 5.87. The van der Waals surface area contributed by atoms with Crippen LogP contribution in [-0.2, 0) is 4.74 Å². The van der Waals surface area contributed by atoms with Gasteiger partial charge >= 0.3 is 6.09 Å². The monoisotopic (exact) mass is 236 g/mol. The molecule has 0 saturated heterocycles. The fourth-order valence-electron chi connectivity index (χ4n) is 1.38. The zero-order valence-corrected chi connectivity index (χ0v) is 10.4. The van der Waals surface area contributed by atoms with E-state index in [0.29, 0.717) is 23.9 Å². The van der Waals surface area contributed by atoms with Gasteiger partial charge < -0.3 is 10.5 Å². The number of carbonyl (C=O) groups excluding carboxylic acids is 1. The highest BCUT2D eigenvalue weighted by Crippen LogP contribution is 2.11. The van der Waals surface area contributed by atoms with Gasteiger partial charge in [0.25, 0.3) is 0 Å². The lowest BCUT2D eigenvalue weighted by atomic mass is 10.1. The summed E-state index contributed by atoms with van der Waals surface area (Å²) < 4.78 is 5.05. The third kappa shape index (κ3) is 5.80. The number of nitrogen functional groups attached to an aromatic ring is 1. The van der Waals surface area contributed by atoms with Crippen LogP contribution in [0.1, 0.15) is 26.7 Å². The standard InChI is InChI=1S/C13H20N2O2/c1-10(2)4-3-9-17-13(16)15-12-7-5-11(14)6-8-12/h5-8,10H,3-4,9,14H2,1-2H3,(H,15,16). The molecule has 94 valence electrons. The van der Waals surface area contributed by atoms with Crippen molar-refractivity contribution < 1.29 is 9.53 Å². The Hall–Kier alpha value is -1.71. The van der Waals surface area contributed by atoms with Crippen LogP contribution < -0.4 is 11.1 Å². The molecule has 17 heavy (non-hydrogen) atoms. The van der Waals surface area contributed by atoms with E-state index < -0.39 is 6.09 Å². The summed E-state index contributed by atoms with van der Waals surface area (Å²) in [5, 5.41) is 2.64. The Morgan fingerprint density at radius 1 is 1.35 bits per heavy atom.